The molecule has 0 bridgehead atoms. The highest BCUT2D eigenvalue weighted by molar-refractivity contribution is 9.10. The van der Waals surface area contributed by atoms with Crippen LogP contribution < -0.4 is 4.90 Å². The van der Waals surface area contributed by atoms with Crippen LogP contribution in [0.4, 0.5) is 5.69 Å². The largest absolute Gasteiger partial charge is 0.312 e. The van der Waals surface area contributed by atoms with Gasteiger partial charge in [0.25, 0.3) is 0 Å². The zero-order chi connectivity index (χ0) is 16.6. The number of anilines is 1. The summed E-state index contributed by atoms with van der Waals surface area (Å²) in [5.74, 6) is 0.0346. The highest BCUT2D eigenvalue weighted by Gasteiger charge is 2.32. The second kappa shape index (κ2) is 6.53. The molecule has 0 aromatic heterocycles. The molecule has 5 nitrogen and oxygen atoms in total. The minimum absolute atomic E-state index is 0.0346. The Morgan fingerprint density at radius 3 is 2.52 bits per heavy atom. The first-order valence-corrected chi connectivity index (χ1v) is 10.3. The summed E-state index contributed by atoms with van der Waals surface area (Å²) >= 11 is 3.42. The first-order valence-electron chi connectivity index (χ1n) is 8.08. The van der Waals surface area contributed by atoms with E-state index in [2.05, 4.69) is 15.9 Å². The molecule has 0 radical (unpaired) electrons. The molecule has 23 heavy (non-hydrogen) atoms. The van der Waals surface area contributed by atoms with Crippen LogP contribution in [-0.4, -0.2) is 38.3 Å². The average Bonchev–Trinajstić information content (AvgIpc) is 2.96. The first kappa shape index (κ1) is 16.9. The Balaban J connectivity index is 2.02. The Kier molecular flexibility index (Phi) is 4.80. The number of hydrogen-bond acceptors (Lipinski definition) is 3. The lowest BCUT2D eigenvalue weighted by Crippen LogP contribution is -2.36. The van der Waals surface area contributed by atoms with Crippen LogP contribution in [0.25, 0.3) is 0 Å². The number of piperidine rings is 1. The second-order valence-electron chi connectivity index (χ2n) is 6.03. The van der Waals surface area contributed by atoms with Crippen molar-refractivity contribution in [2.45, 2.75) is 43.9 Å². The van der Waals surface area contributed by atoms with E-state index in [1.54, 1.807) is 15.3 Å². The van der Waals surface area contributed by atoms with Crippen LogP contribution in [0.5, 0.6) is 0 Å². The van der Waals surface area contributed by atoms with Gasteiger partial charge in [0, 0.05) is 36.2 Å². The average molecular weight is 401 g/mol. The Morgan fingerprint density at radius 1 is 1.17 bits per heavy atom. The summed E-state index contributed by atoms with van der Waals surface area (Å²) in [5.41, 5.74) is 1.77. The normalized spacial score (nSPS) is 19.0. The van der Waals surface area contributed by atoms with E-state index in [1.807, 2.05) is 13.0 Å². The fraction of sp³-hybridized carbons (Fsp3) is 0.562. The summed E-state index contributed by atoms with van der Waals surface area (Å²) in [4.78, 5) is 14.1. The van der Waals surface area contributed by atoms with Crippen molar-refractivity contribution in [2.24, 2.45) is 0 Å². The Labute approximate surface area is 145 Å². The smallest absolute Gasteiger partial charge is 0.244 e. The van der Waals surface area contributed by atoms with Gasteiger partial charge in [0.15, 0.2) is 0 Å². The second-order valence-corrected chi connectivity index (χ2v) is 8.79. The van der Waals surface area contributed by atoms with Crippen molar-refractivity contribution in [1.82, 2.24) is 4.31 Å². The fourth-order valence-electron chi connectivity index (χ4n) is 3.28. The lowest BCUT2D eigenvalue weighted by Gasteiger charge is -2.27. The van der Waals surface area contributed by atoms with Gasteiger partial charge in [0.2, 0.25) is 15.9 Å². The quantitative estimate of drug-likeness (QED) is 0.783. The molecule has 0 N–H and O–H groups in total. The molecule has 2 heterocycles. The lowest BCUT2D eigenvalue weighted by molar-refractivity contribution is -0.118. The van der Waals surface area contributed by atoms with Crippen molar-refractivity contribution >= 4 is 37.5 Å². The van der Waals surface area contributed by atoms with Gasteiger partial charge in [-0.05, 0) is 52.9 Å². The summed E-state index contributed by atoms with van der Waals surface area (Å²) in [6.45, 7) is 3.60. The molecular formula is C16H21BrN2O3S. The molecule has 0 aliphatic carbocycles. The van der Waals surface area contributed by atoms with Crippen LogP contribution in [0.2, 0.25) is 0 Å². The fourth-order valence-corrected chi connectivity index (χ4v) is 5.87. The van der Waals surface area contributed by atoms with E-state index in [1.165, 1.54) is 0 Å². The number of nitrogens with zero attached hydrogens (tertiary/aromatic N) is 2. The van der Waals surface area contributed by atoms with Gasteiger partial charge in [-0.15, -0.1) is 0 Å². The number of carbonyl (C=O) groups is 1. The predicted molar refractivity (Wildman–Crippen MR) is 93.1 cm³/mol. The van der Waals surface area contributed by atoms with Gasteiger partial charge < -0.3 is 4.90 Å². The molecule has 1 aromatic carbocycles. The SMILES string of the molecule is CCC(=O)N1CCc2cc(Br)c(S(=O)(=O)N3CCCCC3)cc21. The summed E-state index contributed by atoms with van der Waals surface area (Å²) in [5, 5.41) is 0. The number of carbonyl (C=O) groups excluding carboxylic acids is 1. The molecular weight excluding hydrogens is 380 g/mol. The number of benzene rings is 1. The number of fused-ring (bicyclic) bond motifs is 1. The zero-order valence-electron chi connectivity index (χ0n) is 13.2. The van der Waals surface area contributed by atoms with E-state index < -0.39 is 10.0 Å². The molecule has 0 spiro atoms. The molecule has 1 aromatic rings. The molecule has 0 unspecified atom stereocenters. The molecule has 2 aliphatic rings. The third-order valence-electron chi connectivity index (χ3n) is 4.57. The van der Waals surface area contributed by atoms with E-state index in [0.29, 0.717) is 30.5 Å². The lowest BCUT2D eigenvalue weighted by atomic mass is 10.2. The van der Waals surface area contributed by atoms with E-state index in [4.69, 9.17) is 0 Å². The van der Waals surface area contributed by atoms with E-state index in [-0.39, 0.29) is 10.8 Å². The Hall–Kier alpha value is -0.920. The monoisotopic (exact) mass is 400 g/mol. The first-order chi connectivity index (χ1) is 10.9. The van der Waals surface area contributed by atoms with Crippen molar-refractivity contribution < 1.29 is 13.2 Å². The number of halogens is 1. The molecule has 7 heteroatoms. The van der Waals surface area contributed by atoms with Crippen molar-refractivity contribution in [3.63, 3.8) is 0 Å². The van der Waals surface area contributed by atoms with Gasteiger partial charge in [-0.2, -0.15) is 4.31 Å². The number of rotatable bonds is 3. The van der Waals surface area contributed by atoms with Gasteiger partial charge in [-0.25, -0.2) is 8.42 Å². The van der Waals surface area contributed by atoms with Crippen LogP contribution in [-0.2, 0) is 21.2 Å². The summed E-state index contributed by atoms with van der Waals surface area (Å²) in [6.07, 6.45) is 4.08. The maximum atomic E-state index is 12.9. The summed E-state index contributed by atoms with van der Waals surface area (Å²) in [6, 6.07) is 3.53. The molecule has 1 saturated heterocycles. The van der Waals surface area contributed by atoms with E-state index >= 15 is 0 Å². The molecule has 1 amide bonds. The van der Waals surface area contributed by atoms with Crippen molar-refractivity contribution in [3.05, 3.63) is 22.2 Å². The number of hydrogen-bond donors (Lipinski definition) is 0. The highest BCUT2D eigenvalue weighted by atomic mass is 79.9. The van der Waals surface area contributed by atoms with Gasteiger partial charge >= 0.3 is 0 Å². The Morgan fingerprint density at radius 2 is 1.87 bits per heavy atom. The standard InChI is InChI=1S/C16H21BrN2O3S/c1-2-16(20)19-9-6-12-10-13(17)15(11-14(12)19)23(21,22)18-7-4-3-5-8-18/h10-11H,2-9H2,1H3. The molecule has 3 rings (SSSR count). The number of amides is 1. The topological polar surface area (TPSA) is 57.7 Å². The van der Waals surface area contributed by atoms with Gasteiger partial charge in [0.1, 0.15) is 0 Å². The van der Waals surface area contributed by atoms with Crippen LogP contribution in [0.3, 0.4) is 0 Å². The third-order valence-corrected chi connectivity index (χ3v) is 7.42. The van der Waals surface area contributed by atoms with Crippen LogP contribution in [0.15, 0.2) is 21.5 Å². The zero-order valence-corrected chi connectivity index (χ0v) is 15.6. The van der Waals surface area contributed by atoms with Crippen molar-refractivity contribution in [2.75, 3.05) is 24.5 Å². The van der Waals surface area contributed by atoms with Crippen molar-refractivity contribution in [3.8, 4) is 0 Å². The maximum Gasteiger partial charge on any atom is 0.244 e. The molecule has 2 aliphatic heterocycles. The highest BCUT2D eigenvalue weighted by Crippen LogP contribution is 2.37. The summed E-state index contributed by atoms with van der Waals surface area (Å²) in [7, 11) is -3.52. The van der Waals surface area contributed by atoms with Crippen LogP contribution >= 0.6 is 15.9 Å². The van der Waals surface area contributed by atoms with Crippen LogP contribution in [0.1, 0.15) is 38.2 Å². The summed E-state index contributed by atoms with van der Waals surface area (Å²) < 4.78 is 28.0. The molecule has 126 valence electrons. The minimum Gasteiger partial charge on any atom is -0.312 e. The molecule has 0 saturated carbocycles. The molecule has 1 fully saturated rings. The minimum atomic E-state index is -3.52. The van der Waals surface area contributed by atoms with E-state index in [9.17, 15) is 13.2 Å². The molecule has 0 atom stereocenters. The van der Waals surface area contributed by atoms with Gasteiger partial charge in [-0.1, -0.05) is 13.3 Å². The van der Waals surface area contributed by atoms with E-state index in [0.717, 1.165) is 36.9 Å². The third kappa shape index (κ3) is 3.06. The van der Waals surface area contributed by atoms with Gasteiger partial charge in [-0.3, -0.25) is 4.79 Å². The maximum absolute atomic E-state index is 12.9. The predicted octanol–water partition coefficient (Wildman–Crippen LogP) is 2.92. The number of sulfonamides is 1. The Bertz CT molecular complexity index is 727. The van der Waals surface area contributed by atoms with Crippen LogP contribution in [0, 0.1) is 0 Å². The van der Waals surface area contributed by atoms with Gasteiger partial charge in [0.05, 0.1) is 4.90 Å². The van der Waals surface area contributed by atoms with Crippen molar-refractivity contribution in [1.29, 1.82) is 0 Å².